The molecule has 21 heavy (non-hydrogen) atoms. The molecule has 0 spiro atoms. The van der Waals surface area contributed by atoms with Gasteiger partial charge in [0.05, 0.1) is 6.54 Å². The highest BCUT2D eigenvalue weighted by atomic mass is 16.3. The van der Waals surface area contributed by atoms with Gasteiger partial charge in [-0.05, 0) is 43.9 Å². The number of benzene rings is 1. The molecule has 0 bridgehead atoms. The summed E-state index contributed by atoms with van der Waals surface area (Å²) in [5.74, 6) is 1.49. The van der Waals surface area contributed by atoms with Crippen molar-refractivity contribution in [3.63, 3.8) is 0 Å². The SMILES string of the molecule is Cc1cccc2oc(CCNC(=O)CNCC3CC3)nc12. The number of carbonyl (C=O) groups excluding carboxylic acids is 1. The van der Waals surface area contributed by atoms with E-state index in [1.165, 1.54) is 12.8 Å². The van der Waals surface area contributed by atoms with E-state index in [4.69, 9.17) is 4.42 Å². The topological polar surface area (TPSA) is 67.2 Å². The minimum absolute atomic E-state index is 0.0305. The molecule has 1 aliphatic carbocycles. The Labute approximate surface area is 124 Å². The highest BCUT2D eigenvalue weighted by molar-refractivity contribution is 5.78. The molecule has 5 heteroatoms. The largest absolute Gasteiger partial charge is 0.441 e. The molecule has 2 aromatic rings. The second kappa shape index (κ2) is 6.26. The van der Waals surface area contributed by atoms with Gasteiger partial charge in [0.25, 0.3) is 0 Å². The molecule has 5 nitrogen and oxygen atoms in total. The first-order valence-corrected chi connectivity index (χ1v) is 7.55. The Morgan fingerprint density at radius 2 is 2.29 bits per heavy atom. The summed E-state index contributed by atoms with van der Waals surface area (Å²) in [4.78, 5) is 16.1. The predicted octanol–water partition coefficient (Wildman–Crippen LogP) is 1.79. The Kier molecular flexibility index (Phi) is 4.20. The van der Waals surface area contributed by atoms with Crippen LogP contribution >= 0.6 is 0 Å². The monoisotopic (exact) mass is 287 g/mol. The molecule has 0 unspecified atom stereocenters. The Morgan fingerprint density at radius 1 is 1.43 bits per heavy atom. The number of nitrogens with one attached hydrogen (secondary N) is 2. The molecule has 0 atom stereocenters. The van der Waals surface area contributed by atoms with Crippen molar-refractivity contribution < 1.29 is 9.21 Å². The molecule has 1 heterocycles. The molecule has 1 fully saturated rings. The molecule has 2 N–H and O–H groups in total. The number of oxazole rings is 1. The summed E-state index contributed by atoms with van der Waals surface area (Å²) >= 11 is 0. The third-order valence-corrected chi connectivity index (χ3v) is 3.74. The molecule has 1 aromatic heterocycles. The van der Waals surface area contributed by atoms with Gasteiger partial charge in [-0.25, -0.2) is 4.98 Å². The van der Waals surface area contributed by atoms with Crippen molar-refractivity contribution in [2.45, 2.75) is 26.2 Å². The van der Waals surface area contributed by atoms with Crippen LogP contribution in [0.1, 0.15) is 24.3 Å². The zero-order valence-corrected chi connectivity index (χ0v) is 12.3. The van der Waals surface area contributed by atoms with Crippen LogP contribution in [-0.2, 0) is 11.2 Å². The van der Waals surface area contributed by atoms with Crippen LogP contribution in [0.25, 0.3) is 11.1 Å². The molecular formula is C16H21N3O2. The second-order valence-electron chi connectivity index (χ2n) is 5.70. The van der Waals surface area contributed by atoms with Gasteiger partial charge in [0, 0.05) is 13.0 Å². The van der Waals surface area contributed by atoms with E-state index in [9.17, 15) is 4.79 Å². The van der Waals surface area contributed by atoms with Crippen LogP contribution < -0.4 is 10.6 Å². The van der Waals surface area contributed by atoms with Crippen molar-refractivity contribution in [2.24, 2.45) is 5.92 Å². The Balaban J connectivity index is 1.43. The van der Waals surface area contributed by atoms with E-state index in [0.29, 0.717) is 25.4 Å². The number of carbonyl (C=O) groups is 1. The van der Waals surface area contributed by atoms with Crippen molar-refractivity contribution in [2.75, 3.05) is 19.6 Å². The summed E-state index contributed by atoms with van der Waals surface area (Å²) in [5.41, 5.74) is 2.82. The van der Waals surface area contributed by atoms with Gasteiger partial charge >= 0.3 is 0 Å². The van der Waals surface area contributed by atoms with Crippen LogP contribution in [0, 0.1) is 12.8 Å². The van der Waals surface area contributed by atoms with Crippen molar-refractivity contribution in [1.82, 2.24) is 15.6 Å². The van der Waals surface area contributed by atoms with E-state index < -0.39 is 0 Å². The number of hydrogen-bond acceptors (Lipinski definition) is 4. The Bertz CT molecular complexity index is 631. The van der Waals surface area contributed by atoms with E-state index in [1.807, 2.05) is 25.1 Å². The summed E-state index contributed by atoms with van der Waals surface area (Å²) in [6.07, 6.45) is 3.21. The first kappa shape index (κ1) is 14.1. The molecular weight excluding hydrogens is 266 g/mol. The Morgan fingerprint density at radius 3 is 3.05 bits per heavy atom. The van der Waals surface area contributed by atoms with Gasteiger partial charge in [0.2, 0.25) is 5.91 Å². The molecule has 3 rings (SSSR count). The Hall–Kier alpha value is -1.88. The van der Waals surface area contributed by atoms with Crippen LogP contribution in [-0.4, -0.2) is 30.5 Å². The van der Waals surface area contributed by atoms with Gasteiger partial charge in [0.1, 0.15) is 5.52 Å². The third kappa shape index (κ3) is 3.82. The number of para-hydroxylation sites is 1. The lowest BCUT2D eigenvalue weighted by Gasteiger charge is -2.04. The van der Waals surface area contributed by atoms with Crippen LogP contribution in [0.5, 0.6) is 0 Å². The first-order valence-electron chi connectivity index (χ1n) is 7.55. The summed E-state index contributed by atoms with van der Waals surface area (Å²) in [6, 6.07) is 5.89. The number of aryl methyl sites for hydroxylation is 1. The number of amides is 1. The van der Waals surface area contributed by atoms with Crippen molar-refractivity contribution in [1.29, 1.82) is 0 Å². The summed E-state index contributed by atoms with van der Waals surface area (Å²) < 4.78 is 5.67. The fraction of sp³-hybridized carbons (Fsp3) is 0.500. The van der Waals surface area contributed by atoms with E-state index in [1.54, 1.807) is 0 Å². The predicted molar refractivity (Wildman–Crippen MR) is 81.1 cm³/mol. The van der Waals surface area contributed by atoms with Crippen molar-refractivity contribution in [3.8, 4) is 0 Å². The molecule has 1 saturated carbocycles. The number of fused-ring (bicyclic) bond motifs is 1. The molecule has 112 valence electrons. The first-order chi connectivity index (χ1) is 10.2. The van der Waals surface area contributed by atoms with Crippen molar-refractivity contribution in [3.05, 3.63) is 29.7 Å². The highest BCUT2D eigenvalue weighted by Gasteiger charge is 2.20. The van der Waals surface area contributed by atoms with Crippen LogP contribution in [0.15, 0.2) is 22.6 Å². The lowest BCUT2D eigenvalue weighted by atomic mass is 10.2. The fourth-order valence-electron chi connectivity index (χ4n) is 2.32. The van der Waals surface area contributed by atoms with Gasteiger partial charge < -0.3 is 15.1 Å². The zero-order valence-electron chi connectivity index (χ0n) is 12.3. The number of rotatable bonds is 7. The minimum Gasteiger partial charge on any atom is -0.441 e. The lowest BCUT2D eigenvalue weighted by Crippen LogP contribution is -2.35. The van der Waals surface area contributed by atoms with Gasteiger partial charge in [-0.2, -0.15) is 0 Å². The normalized spacial score (nSPS) is 14.5. The molecule has 0 saturated heterocycles. The average Bonchev–Trinajstić information content (AvgIpc) is 3.17. The zero-order chi connectivity index (χ0) is 14.7. The maximum Gasteiger partial charge on any atom is 0.233 e. The number of hydrogen-bond donors (Lipinski definition) is 2. The molecule has 1 amide bonds. The second-order valence-corrected chi connectivity index (χ2v) is 5.70. The molecule has 0 aliphatic heterocycles. The molecule has 0 radical (unpaired) electrons. The standard InChI is InChI=1S/C16H21N3O2/c1-11-3-2-4-13-16(11)19-15(21-13)7-8-18-14(20)10-17-9-12-5-6-12/h2-4,12,17H,5-10H2,1H3,(H,18,20). The lowest BCUT2D eigenvalue weighted by molar-refractivity contribution is -0.120. The van der Waals surface area contributed by atoms with E-state index in [0.717, 1.165) is 29.1 Å². The quantitative estimate of drug-likeness (QED) is 0.815. The minimum atomic E-state index is 0.0305. The maximum atomic E-state index is 11.6. The molecule has 1 aromatic carbocycles. The summed E-state index contributed by atoms with van der Waals surface area (Å²) in [6.45, 7) is 3.92. The van der Waals surface area contributed by atoms with Gasteiger partial charge in [-0.3, -0.25) is 4.79 Å². The van der Waals surface area contributed by atoms with Crippen LogP contribution in [0.4, 0.5) is 0 Å². The fourth-order valence-corrected chi connectivity index (χ4v) is 2.32. The smallest absolute Gasteiger partial charge is 0.233 e. The van der Waals surface area contributed by atoms with Crippen LogP contribution in [0.2, 0.25) is 0 Å². The number of nitrogens with zero attached hydrogens (tertiary/aromatic N) is 1. The van der Waals surface area contributed by atoms with E-state index >= 15 is 0 Å². The summed E-state index contributed by atoms with van der Waals surface area (Å²) in [7, 11) is 0. The van der Waals surface area contributed by atoms with E-state index in [-0.39, 0.29) is 5.91 Å². The van der Waals surface area contributed by atoms with Gasteiger partial charge in [-0.15, -0.1) is 0 Å². The van der Waals surface area contributed by atoms with Crippen molar-refractivity contribution >= 4 is 17.0 Å². The van der Waals surface area contributed by atoms with E-state index in [2.05, 4.69) is 15.6 Å². The van der Waals surface area contributed by atoms with Crippen LogP contribution in [0.3, 0.4) is 0 Å². The summed E-state index contributed by atoms with van der Waals surface area (Å²) in [5, 5.41) is 6.06. The van der Waals surface area contributed by atoms with Gasteiger partial charge in [-0.1, -0.05) is 12.1 Å². The van der Waals surface area contributed by atoms with Gasteiger partial charge in [0.15, 0.2) is 11.5 Å². The maximum absolute atomic E-state index is 11.6. The third-order valence-electron chi connectivity index (χ3n) is 3.74. The average molecular weight is 287 g/mol. The molecule has 1 aliphatic rings. The number of aromatic nitrogens is 1. The highest BCUT2D eigenvalue weighted by Crippen LogP contribution is 2.27.